The lowest BCUT2D eigenvalue weighted by atomic mass is 9.88. The molecule has 0 amide bonds. The molecule has 4 rings (SSSR count). The smallest absolute Gasteiger partial charge is 0.203 e. The molecule has 0 unspecified atom stereocenters. The highest BCUT2D eigenvalue weighted by atomic mass is 16.5. The van der Waals surface area contributed by atoms with E-state index in [-0.39, 0.29) is 0 Å². The van der Waals surface area contributed by atoms with Crippen LogP contribution in [0.4, 0.5) is 11.4 Å². The standard InChI is InChI=1S/C36H40N2O8/c1-39-29-11-9-21(15-27(29)37)13-26(24-19-33(43-5)36(46-8)34(20-24)44-6)25(23-10-12-30(40-2)28(38)18-23)14-22-16-31(41-3)35(45-7)32(17-22)42-4/h9-20H,37-38H2,1-8H3/b25-14-,26-13-. The van der Waals surface area contributed by atoms with Crippen LogP contribution in [-0.2, 0) is 0 Å². The minimum atomic E-state index is 0.464. The van der Waals surface area contributed by atoms with Crippen LogP contribution < -0.4 is 49.4 Å². The van der Waals surface area contributed by atoms with Gasteiger partial charge in [-0.3, -0.25) is 0 Å². The van der Waals surface area contributed by atoms with Gasteiger partial charge in [0.2, 0.25) is 11.5 Å². The molecule has 0 atom stereocenters. The van der Waals surface area contributed by atoms with Crippen molar-refractivity contribution >= 4 is 34.7 Å². The molecule has 242 valence electrons. The Labute approximate surface area is 269 Å². The van der Waals surface area contributed by atoms with Crippen molar-refractivity contribution in [3.63, 3.8) is 0 Å². The molecule has 4 aromatic carbocycles. The van der Waals surface area contributed by atoms with Crippen LogP contribution >= 0.6 is 0 Å². The first-order valence-corrected chi connectivity index (χ1v) is 14.2. The predicted molar refractivity (Wildman–Crippen MR) is 183 cm³/mol. The number of ether oxygens (including phenoxy) is 8. The summed E-state index contributed by atoms with van der Waals surface area (Å²) in [6.07, 6.45) is 4.02. The molecule has 4 aromatic rings. The zero-order chi connectivity index (χ0) is 33.4. The monoisotopic (exact) mass is 628 g/mol. The molecule has 0 aliphatic carbocycles. The van der Waals surface area contributed by atoms with Gasteiger partial charge in [-0.1, -0.05) is 12.1 Å². The highest BCUT2D eigenvalue weighted by Gasteiger charge is 2.21. The molecule has 0 spiro atoms. The highest BCUT2D eigenvalue weighted by Crippen LogP contribution is 2.46. The number of nitrogen functional groups attached to an aromatic ring is 2. The average Bonchev–Trinajstić information content (AvgIpc) is 3.08. The molecular weight excluding hydrogens is 588 g/mol. The lowest BCUT2D eigenvalue weighted by Crippen LogP contribution is -2.00. The van der Waals surface area contributed by atoms with Crippen molar-refractivity contribution in [2.75, 3.05) is 68.3 Å². The number of nitrogens with two attached hydrogens (primary N) is 2. The van der Waals surface area contributed by atoms with Crippen LogP contribution in [0.2, 0.25) is 0 Å². The van der Waals surface area contributed by atoms with E-state index in [0.29, 0.717) is 57.4 Å². The number of methoxy groups -OCH3 is 8. The Hall–Kier alpha value is -5.64. The Morgan fingerprint density at radius 1 is 0.413 bits per heavy atom. The molecule has 0 bridgehead atoms. The molecule has 10 nitrogen and oxygen atoms in total. The Bertz CT molecular complexity index is 1710. The van der Waals surface area contributed by atoms with Crippen LogP contribution in [0, 0.1) is 0 Å². The van der Waals surface area contributed by atoms with Gasteiger partial charge in [-0.05, 0) is 94.1 Å². The fourth-order valence-electron chi connectivity index (χ4n) is 5.13. The molecule has 4 N–H and O–H groups in total. The number of anilines is 2. The van der Waals surface area contributed by atoms with Gasteiger partial charge in [-0.15, -0.1) is 0 Å². The van der Waals surface area contributed by atoms with E-state index in [1.807, 2.05) is 72.8 Å². The summed E-state index contributed by atoms with van der Waals surface area (Å²) < 4.78 is 44.9. The molecule has 0 radical (unpaired) electrons. The largest absolute Gasteiger partial charge is 0.495 e. The molecule has 0 fully saturated rings. The average molecular weight is 629 g/mol. The van der Waals surface area contributed by atoms with Crippen molar-refractivity contribution in [3.05, 3.63) is 82.9 Å². The molecule has 0 heterocycles. The number of allylic oxidation sites excluding steroid dienone is 2. The Balaban J connectivity index is 2.14. The minimum Gasteiger partial charge on any atom is -0.495 e. The van der Waals surface area contributed by atoms with Crippen LogP contribution in [-0.4, -0.2) is 56.9 Å². The van der Waals surface area contributed by atoms with Gasteiger partial charge in [-0.2, -0.15) is 0 Å². The number of rotatable bonds is 13. The second-order valence-corrected chi connectivity index (χ2v) is 9.95. The lowest BCUT2D eigenvalue weighted by molar-refractivity contribution is 0.324. The molecule has 0 saturated carbocycles. The van der Waals surface area contributed by atoms with Crippen LogP contribution in [0.25, 0.3) is 23.3 Å². The van der Waals surface area contributed by atoms with E-state index >= 15 is 0 Å². The summed E-state index contributed by atoms with van der Waals surface area (Å²) in [4.78, 5) is 0. The van der Waals surface area contributed by atoms with Gasteiger partial charge in [0.25, 0.3) is 0 Å². The first kappa shape index (κ1) is 33.3. The maximum atomic E-state index is 6.45. The van der Waals surface area contributed by atoms with Crippen molar-refractivity contribution < 1.29 is 37.9 Å². The van der Waals surface area contributed by atoms with Gasteiger partial charge < -0.3 is 49.4 Å². The van der Waals surface area contributed by atoms with Gasteiger partial charge in [0.1, 0.15) is 11.5 Å². The lowest BCUT2D eigenvalue weighted by Gasteiger charge is -2.20. The van der Waals surface area contributed by atoms with Crippen molar-refractivity contribution in [1.29, 1.82) is 0 Å². The van der Waals surface area contributed by atoms with E-state index in [1.165, 1.54) is 0 Å². The Morgan fingerprint density at radius 2 is 0.826 bits per heavy atom. The molecule has 0 saturated heterocycles. The predicted octanol–water partition coefficient (Wildman–Crippen LogP) is 6.70. The van der Waals surface area contributed by atoms with E-state index in [0.717, 1.165) is 33.4 Å². The van der Waals surface area contributed by atoms with Crippen LogP contribution in [0.1, 0.15) is 22.3 Å². The maximum Gasteiger partial charge on any atom is 0.203 e. The van der Waals surface area contributed by atoms with Crippen molar-refractivity contribution in [3.8, 4) is 46.0 Å². The van der Waals surface area contributed by atoms with Gasteiger partial charge >= 0.3 is 0 Å². The van der Waals surface area contributed by atoms with E-state index in [9.17, 15) is 0 Å². The fraction of sp³-hybridized carbons (Fsp3) is 0.222. The number of hydrogen-bond donors (Lipinski definition) is 2. The fourth-order valence-corrected chi connectivity index (χ4v) is 5.13. The SMILES string of the molecule is COc1ccc(/C=C(\C(=C/c2cc(OC)c(OC)c(OC)c2)c2ccc(OC)c(N)c2)c2cc(OC)c(OC)c(OC)c2)cc1N. The topological polar surface area (TPSA) is 126 Å². The molecule has 0 aliphatic rings. The zero-order valence-electron chi connectivity index (χ0n) is 27.3. The molecule has 0 aliphatic heterocycles. The Kier molecular flexibility index (Phi) is 10.8. The number of hydrogen-bond acceptors (Lipinski definition) is 10. The van der Waals surface area contributed by atoms with E-state index in [2.05, 4.69) is 0 Å². The van der Waals surface area contributed by atoms with Crippen LogP contribution in [0.5, 0.6) is 46.0 Å². The molecule has 0 aromatic heterocycles. The second-order valence-electron chi connectivity index (χ2n) is 9.95. The minimum absolute atomic E-state index is 0.464. The maximum absolute atomic E-state index is 6.45. The summed E-state index contributed by atoms with van der Waals surface area (Å²) in [7, 11) is 12.6. The third-order valence-corrected chi connectivity index (χ3v) is 7.37. The summed E-state index contributed by atoms with van der Waals surface area (Å²) in [5.74, 6) is 4.04. The quantitative estimate of drug-likeness (QED) is 0.0938. The van der Waals surface area contributed by atoms with Gasteiger partial charge in [0.15, 0.2) is 23.0 Å². The Morgan fingerprint density at radius 3 is 1.26 bits per heavy atom. The first-order chi connectivity index (χ1) is 22.2. The molecular formula is C36H40N2O8. The number of benzene rings is 4. The van der Waals surface area contributed by atoms with E-state index in [1.54, 1.807) is 56.9 Å². The highest BCUT2D eigenvalue weighted by molar-refractivity contribution is 6.16. The van der Waals surface area contributed by atoms with Crippen molar-refractivity contribution in [2.24, 2.45) is 0 Å². The van der Waals surface area contributed by atoms with E-state index < -0.39 is 0 Å². The second kappa shape index (κ2) is 14.9. The van der Waals surface area contributed by atoms with Crippen LogP contribution in [0.3, 0.4) is 0 Å². The van der Waals surface area contributed by atoms with Crippen LogP contribution in [0.15, 0.2) is 60.7 Å². The summed E-state index contributed by atoms with van der Waals surface area (Å²) in [5.41, 5.74) is 18.5. The van der Waals surface area contributed by atoms with Crippen molar-refractivity contribution in [2.45, 2.75) is 0 Å². The zero-order valence-corrected chi connectivity index (χ0v) is 27.3. The van der Waals surface area contributed by atoms with E-state index in [4.69, 9.17) is 49.4 Å². The summed E-state index contributed by atoms with van der Waals surface area (Å²) in [6.45, 7) is 0. The summed E-state index contributed by atoms with van der Waals surface area (Å²) >= 11 is 0. The van der Waals surface area contributed by atoms with Gasteiger partial charge in [-0.25, -0.2) is 0 Å². The molecule has 10 heteroatoms. The summed E-state index contributed by atoms with van der Waals surface area (Å²) in [5, 5.41) is 0. The first-order valence-electron chi connectivity index (χ1n) is 14.2. The third kappa shape index (κ3) is 6.86. The third-order valence-electron chi connectivity index (χ3n) is 7.37. The van der Waals surface area contributed by atoms with Crippen molar-refractivity contribution in [1.82, 2.24) is 0 Å². The summed E-state index contributed by atoms with van der Waals surface area (Å²) in [6, 6.07) is 18.7. The molecule has 46 heavy (non-hydrogen) atoms. The normalized spacial score (nSPS) is 11.5. The van der Waals surface area contributed by atoms with Gasteiger partial charge in [0.05, 0.1) is 68.3 Å². The van der Waals surface area contributed by atoms with Gasteiger partial charge in [0, 0.05) is 0 Å².